The van der Waals surface area contributed by atoms with Crippen LogP contribution >= 0.6 is 12.4 Å². The Labute approximate surface area is 126 Å². The molecule has 1 aromatic carbocycles. The number of nitrogens with one attached hydrogen (secondary N) is 2. The smallest absolute Gasteiger partial charge is 0.238 e. The van der Waals surface area contributed by atoms with Crippen LogP contribution in [0.4, 0.5) is 5.69 Å². The molecule has 0 aliphatic carbocycles. The van der Waals surface area contributed by atoms with Gasteiger partial charge in [0.1, 0.15) is 5.75 Å². The number of methoxy groups -OCH3 is 1. The quantitative estimate of drug-likeness (QED) is 0.881. The van der Waals surface area contributed by atoms with Crippen LogP contribution in [0.1, 0.15) is 6.92 Å². The molecule has 0 radical (unpaired) electrons. The number of benzene rings is 1. The first-order valence-electron chi connectivity index (χ1n) is 6.58. The summed E-state index contributed by atoms with van der Waals surface area (Å²) in [6.45, 7) is 5.32. The molecule has 1 atom stereocenters. The number of ether oxygens (including phenoxy) is 1. The lowest BCUT2D eigenvalue weighted by Gasteiger charge is -2.33. The van der Waals surface area contributed by atoms with E-state index < -0.39 is 0 Å². The zero-order valence-corrected chi connectivity index (χ0v) is 12.7. The highest BCUT2D eigenvalue weighted by atomic mass is 35.5. The fourth-order valence-electron chi connectivity index (χ4n) is 2.24. The lowest BCUT2D eigenvalue weighted by atomic mass is 10.2. The molecule has 20 heavy (non-hydrogen) atoms. The summed E-state index contributed by atoms with van der Waals surface area (Å²) in [6, 6.07) is 7.83. The SMILES string of the molecule is COc1ccccc1NC(=O)CN1CCNCC1C.Cl. The number of hydrogen-bond donors (Lipinski definition) is 2. The number of carbonyl (C=O) groups excluding carboxylic acids is 1. The molecule has 0 saturated carbocycles. The molecule has 1 unspecified atom stereocenters. The number of para-hydroxylation sites is 2. The summed E-state index contributed by atoms with van der Waals surface area (Å²) in [5.41, 5.74) is 0.720. The van der Waals surface area contributed by atoms with Crippen molar-refractivity contribution in [2.75, 3.05) is 38.6 Å². The first-order valence-corrected chi connectivity index (χ1v) is 6.58. The van der Waals surface area contributed by atoms with Gasteiger partial charge in [-0.1, -0.05) is 12.1 Å². The molecule has 0 spiro atoms. The molecule has 1 amide bonds. The molecule has 1 heterocycles. The van der Waals surface area contributed by atoms with Gasteiger partial charge in [0.2, 0.25) is 5.91 Å². The van der Waals surface area contributed by atoms with Crippen LogP contribution in [-0.4, -0.2) is 50.1 Å². The molecular weight excluding hydrogens is 278 g/mol. The fraction of sp³-hybridized carbons (Fsp3) is 0.500. The number of halogens is 1. The van der Waals surface area contributed by atoms with E-state index in [9.17, 15) is 4.79 Å². The third-order valence-corrected chi connectivity index (χ3v) is 3.37. The van der Waals surface area contributed by atoms with Crippen LogP contribution in [0.2, 0.25) is 0 Å². The molecule has 1 aliphatic heterocycles. The van der Waals surface area contributed by atoms with E-state index in [-0.39, 0.29) is 18.3 Å². The van der Waals surface area contributed by atoms with Crippen molar-refractivity contribution >= 4 is 24.0 Å². The van der Waals surface area contributed by atoms with Crippen LogP contribution in [-0.2, 0) is 4.79 Å². The highest BCUT2D eigenvalue weighted by Crippen LogP contribution is 2.22. The number of rotatable bonds is 4. The van der Waals surface area contributed by atoms with Crippen LogP contribution < -0.4 is 15.4 Å². The Balaban J connectivity index is 0.00000200. The van der Waals surface area contributed by atoms with Crippen molar-refractivity contribution in [3.63, 3.8) is 0 Å². The minimum atomic E-state index is -0.00162. The van der Waals surface area contributed by atoms with E-state index in [4.69, 9.17) is 4.74 Å². The minimum absolute atomic E-state index is 0. The zero-order chi connectivity index (χ0) is 13.7. The highest BCUT2D eigenvalue weighted by molar-refractivity contribution is 5.93. The van der Waals surface area contributed by atoms with Crippen LogP contribution in [0.15, 0.2) is 24.3 Å². The predicted octanol–water partition coefficient (Wildman–Crippen LogP) is 1.35. The second kappa shape index (κ2) is 8.09. The topological polar surface area (TPSA) is 53.6 Å². The molecule has 1 fully saturated rings. The second-order valence-electron chi connectivity index (χ2n) is 4.77. The second-order valence-corrected chi connectivity index (χ2v) is 4.77. The fourth-order valence-corrected chi connectivity index (χ4v) is 2.24. The summed E-state index contributed by atoms with van der Waals surface area (Å²) in [4.78, 5) is 14.2. The molecular formula is C14H22ClN3O2. The van der Waals surface area contributed by atoms with Gasteiger partial charge in [0.05, 0.1) is 19.3 Å². The standard InChI is InChI=1S/C14H21N3O2.ClH/c1-11-9-15-7-8-17(11)10-14(18)16-12-5-3-4-6-13(12)19-2;/h3-6,11,15H,7-10H2,1-2H3,(H,16,18);1H. The summed E-state index contributed by atoms with van der Waals surface area (Å²) in [5, 5.41) is 6.22. The maximum Gasteiger partial charge on any atom is 0.238 e. The molecule has 2 N–H and O–H groups in total. The maximum atomic E-state index is 12.1. The molecule has 0 bridgehead atoms. The van der Waals surface area contributed by atoms with Gasteiger partial charge in [0.15, 0.2) is 0 Å². The maximum absolute atomic E-state index is 12.1. The Bertz CT molecular complexity index is 442. The lowest BCUT2D eigenvalue weighted by molar-refractivity contribution is -0.118. The summed E-state index contributed by atoms with van der Waals surface area (Å²) in [6.07, 6.45) is 0. The average molecular weight is 300 g/mol. The van der Waals surface area contributed by atoms with E-state index in [1.165, 1.54) is 0 Å². The van der Waals surface area contributed by atoms with E-state index >= 15 is 0 Å². The first-order chi connectivity index (χ1) is 9.20. The van der Waals surface area contributed by atoms with Gasteiger partial charge in [-0.2, -0.15) is 0 Å². The lowest BCUT2D eigenvalue weighted by Crippen LogP contribution is -2.51. The largest absolute Gasteiger partial charge is 0.495 e. The molecule has 6 heteroatoms. The highest BCUT2D eigenvalue weighted by Gasteiger charge is 2.20. The molecule has 1 saturated heterocycles. The molecule has 1 aliphatic rings. The summed E-state index contributed by atoms with van der Waals surface area (Å²) >= 11 is 0. The van der Waals surface area contributed by atoms with Crippen molar-refractivity contribution in [1.82, 2.24) is 10.2 Å². The van der Waals surface area contributed by atoms with E-state index in [1.54, 1.807) is 7.11 Å². The van der Waals surface area contributed by atoms with Gasteiger partial charge in [-0.15, -0.1) is 12.4 Å². The van der Waals surface area contributed by atoms with Crippen LogP contribution in [0.5, 0.6) is 5.75 Å². The van der Waals surface area contributed by atoms with E-state index in [1.807, 2.05) is 24.3 Å². The summed E-state index contributed by atoms with van der Waals surface area (Å²) < 4.78 is 5.22. The number of anilines is 1. The molecule has 112 valence electrons. The Morgan fingerprint density at radius 1 is 1.50 bits per heavy atom. The van der Waals surface area contributed by atoms with E-state index in [0.717, 1.165) is 25.3 Å². The normalized spacial score (nSPS) is 19.0. The predicted molar refractivity (Wildman–Crippen MR) is 82.8 cm³/mol. The third kappa shape index (κ3) is 4.37. The van der Waals surface area contributed by atoms with Crippen molar-refractivity contribution in [3.05, 3.63) is 24.3 Å². The Morgan fingerprint density at radius 3 is 2.95 bits per heavy atom. The van der Waals surface area contributed by atoms with Gasteiger partial charge >= 0.3 is 0 Å². The van der Waals surface area contributed by atoms with Crippen molar-refractivity contribution in [1.29, 1.82) is 0 Å². The Morgan fingerprint density at radius 2 is 2.25 bits per heavy atom. The summed E-state index contributed by atoms with van der Waals surface area (Å²) in [7, 11) is 1.60. The molecule has 0 aromatic heterocycles. The minimum Gasteiger partial charge on any atom is -0.495 e. The van der Waals surface area contributed by atoms with Gasteiger partial charge in [-0.05, 0) is 19.1 Å². The van der Waals surface area contributed by atoms with Gasteiger partial charge in [-0.25, -0.2) is 0 Å². The average Bonchev–Trinajstić information content (AvgIpc) is 2.42. The summed E-state index contributed by atoms with van der Waals surface area (Å²) in [5.74, 6) is 0.683. The van der Waals surface area contributed by atoms with Gasteiger partial charge in [0.25, 0.3) is 0 Å². The number of piperazine rings is 1. The van der Waals surface area contributed by atoms with Gasteiger partial charge < -0.3 is 15.4 Å². The van der Waals surface area contributed by atoms with Crippen LogP contribution in [0.25, 0.3) is 0 Å². The molecule has 1 aromatic rings. The van der Waals surface area contributed by atoms with Crippen molar-refractivity contribution in [3.8, 4) is 5.75 Å². The third-order valence-electron chi connectivity index (χ3n) is 3.37. The molecule has 5 nitrogen and oxygen atoms in total. The Kier molecular flexibility index (Phi) is 6.78. The number of nitrogens with zero attached hydrogens (tertiary/aromatic N) is 1. The number of amides is 1. The van der Waals surface area contributed by atoms with E-state index in [0.29, 0.717) is 18.3 Å². The van der Waals surface area contributed by atoms with E-state index in [2.05, 4.69) is 22.5 Å². The zero-order valence-electron chi connectivity index (χ0n) is 11.9. The number of hydrogen-bond acceptors (Lipinski definition) is 4. The number of carbonyl (C=O) groups is 1. The van der Waals surface area contributed by atoms with Crippen molar-refractivity contribution in [2.24, 2.45) is 0 Å². The monoisotopic (exact) mass is 299 g/mol. The first kappa shape index (κ1) is 16.8. The van der Waals surface area contributed by atoms with Gasteiger partial charge in [0, 0.05) is 25.7 Å². The van der Waals surface area contributed by atoms with Crippen molar-refractivity contribution < 1.29 is 9.53 Å². The molecule has 2 rings (SSSR count). The van der Waals surface area contributed by atoms with Crippen molar-refractivity contribution in [2.45, 2.75) is 13.0 Å². The van der Waals surface area contributed by atoms with Gasteiger partial charge in [-0.3, -0.25) is 9.69 Å². The van der Waals surface area contributed by atoms with Crippen LogP contribution in [0.3, 0.4) is 0 Å². The van der Waals surface area contributed by atoms with Crippen LogP contribution in [0, 0.1) is 0 Å². The Hall–Kier alpha value is -1.30.